The lowest BCUT2D eigenvalue weighted by molar-refractivity contribution is -0.121. The van der Waals surface area contributed by atoms with Crippen molar-refractivity contribution >= 4 is 47.6 Å². The van der Waals surface area contributed by atoms with Crippen molar-refractivity contribution in [3.05, 3.63) is 29.8 Å². The van der Waals surface area contributed by atoms with E-state index >= 15 is 0 Å². The summed E-state index contributed by atoms with van der Waals surface area (Å²) in [5.74, 6) is 0.220. The smallest absolute Gasteiger partial charge is 0.329 e. The molecule has 3 rings (SSSR count). The zero-order valence-electron chi connectivity index (χ0n) is 16.0. The summed E-state index contributed by atoms with van der Waals surface area (Å²) >= 11 is 0. The number of imide groups is 1. The Morgan fingerprint density at radius 2 is 1.96 bits per heavy atom. The first-order valence-electron chi connectivity index (χ1n) is 9.04. The molecule has 2 fully saturated rings. The summed E-state index contributed by atoms with van der Waals surface area (Å²) < 4.78 is 0. The van der Waals surface area contributed by atoms with Crippen LogP contribution >= 0.6 is 24.0 Å². The van der Waals surface area contributed by atoms with Gasteiger partial charge in [-0.3, -0.25) is 4.79 Å². The second-order valence-electron chi connectivity index (χ2n) is 8.11. The molecule has 1 aliphatic heterocycles. The first-order chi connectivity index (χ1) is 12.2. The van der Waals surface area contributed by atoms with Gasteiger partial charge < -0.3 is 16.4 Å². The van der Waals surface area contributed by atoms with Gasteiger partial charge in [0.1, 0.15) is 5.54 Å². The van der Waals surface area contributed by atoms with Gasteiger partial charge in [0.2, 0.25) is 0 Å². The van der Waals surface area contributed by atoms with Crippen LogP contribution in [-0.2, 0) is 11.3 Å². The lowest BCUT2D eigenvalue weighted by Gasteiger charge is -2.21. The van der Waals surface area contributed by atoms with Gasteiger partial charge in [-0.15, -0.1) is 24.0 Å². The Balaban J connectivity index is 0.00000261. The molecule has 1 aromatic carbocycles. The van der Waals surface area contributed by atoms with Crippen molar-refractivity contribution < 1.29 is 9.59 Å². The first-order valence-corrected chi connectivity index (χ1v) is 9.04. The lowest BCUT2D eigenvalue weighted by atomic mass is 9.98. The number of rotatable bonds is 3. The Hall–Kier alpha value is -1.84. The highest BCUT2D eigenvalue weighted by atomic mass is 127. The highest BCUT2D eigenvalue weighted by molar-refractivity contribution is 14.0. The van der Waals surface area contributed by atoms with Gasteiger partial charge in [0, 0.05) is 5.54 Å². The summed E-state index contributed by atoms with van der Waals surface area (Å²) in [6, 6.07) is 6.98. The van der Waals surface area contributed by atoms with Crippen molar-refractivity contribution in [2.24, 2.45) is 10.7 Å². The van der Waals surface area contributed by atoms with Gasteiger partial charge in [0.25, 0.3) is 5.91 Å². The Bertz CT molecular complexity index is 751. The number of aliphatic imine (C=N–C) groups is 1. The zero-order valence-corrected chi connectivity index (χ0v) is 18.4. The lowest BCUT2D eigenvalue weighted by Crippen LogP contribution is -2.44. The van der Waals surface area contributed by atoms with Crippen molar-refractivity contribution in [1.29, 1.82) is 0 Å². The van der Waals surface area contributed by atoms with Crippen LogP contribution in [0.4, 0.5) is 10.5 Å². The molecule has 2 aliphatic rings. The molecule has 1 saturated carbocycles. The zero-order chi connectivity index (χ0) is 18.9. The molecule has 0 aromatic heterocycles. The number of anilines is 1. The van der Waals surface area contributed by atoms with Crippen molar-refractivity contribution in [2.45, 2.75) is 64.1 Å². The van der Waals surface area contributed by atoms with E-state index < -0.39 is 5.54 Å². The van der Waals surface area contributed by atoms with Crippen molar-refractivity contribution in [2.75, 3.05) is 4.90 Å². The normalized spacial score (nSPS) is 19.2. The molecule has 0 atom stereocenters. The number of halogens is 1. The molecular formula is C19H28IN5O2. The molecule has 0 bridgehead atoms. The van der Waals surface area contributed by atoms with Crippen LogP contribution in [-0.4, -0.2) is 29.0 Å². The van der Waals surface area contributed by atoms with E-state index in [1.165, 1.54) is 4.90 Å². The topological polar surface area (TPSA) is 99.8 Å². The number of guanidine groups is 1. The monoisotopic (exact) mass is 485 g/mol. The van der Waals surface area contributed by atoms with Crippen LogP contribution in [0.1, 0.15) is 52.0 Å². The Labute approximate surface area is 177 Å². The number of carbonyl (C=O) groups is 2. The molecule has 27 heavy (non-hydrogen) atoms. The van der Waals surface area contributed by atoms with Gasteiger partial charge >= 0.3 is 6.03 Å². The molecule has 148 valence electrons. The quantitative estimate of drug-likeness (QED) is 0.265. The number of hydrogen-bond acceptors (Lipinski definition) is 3. The van der Waals surface area contributed by atoms with E-state index in [1.54, 1.807) is 6.07 Å². The summed E-state index contributed by atoms with van der Waals surface area (Å²) in [6.07, 6.45) is 3.36. The number of nitrogens with two attached hydrogens (primary N) is 1. The van der Waals surface area contributed by atoms with E-state index in [2.05, 4.69) is 15.6 Å². The molecule has 8 heteroatoms. The summed E-state index contributed by atoms with van der Waals surface area (Å²) in [4.78, 5) is 30.9. The highest BCUT2D eigenvalue weighted by Gasteiger charge is 2.52. The van der Waals surface area contributed by atoms with E-state index in [1.807, 2.05) is 39.0 Å². The van der Waals surface area contributed by atoms with E-state index in [0.717, 1.165) is 18.4 Å². The van der Waals surface area contributed by atoms with E-state index in [-0.39, 0.29) is 41.5 Å². The predicted octanol–water partition coefficient (Wildman–Crippen LogP) is 2.88. The third kappa shape index (κ3) is 4.72. The fourth-order valence-electron chi connectivity index (χ4n) is 3.57. The maximum atomic E-state index is 12.9. The van der Waals surface area contributed by atoms with Crippen molar-refractivity contribution in [3.8, 4) is 0 Å². The van der Waals surface area contributed by atoms with Crippen LogP contribution in [0.2, 0.25) is 0 Å². The number of amides is 3. The van der Waals surface area contributed by atoms with Crippen LogP contribution < -0.4 is 21.3 Å². The predicted molar refractivity (Wildman–Crippen MR) is 117 cm³/mol. The Morgan fingerprint density at radius 3 is 2.59 bits per heavy atom. The highest BCUT2D eigenvalue weighted by Crippen LogP contribution is 2.37. The van der Waals surface area contributed by atoms with Gasteiger partial charge in [-0.25, -0.2) is 14.7 Å². The number of urea groups is 1. The molecule has 1 spiro atoms. The number of hydrogen-bond donors (Lipinski definition) is 3. The molecule has 0 radical (unpaired) electrons. The van der Waals surface area contributed by atoms with Gasteiger partial charge in [0.15, 0.2) is 5.96 Å². The van der Waals surface area contributed by atoms with Crippen LogP contribution in [0.25, 0.3) is 0 Å². The van der Waals surface area contributed by atoms with Crippen LogP contribution in [0.5, 0.6) is 0 Å². The molecule has 1 aliphatic carbocycles. The maximum absolute atomic E-state index is 12.9. The summed E-state index contributed by atoms with van der Waals surface area (Å²) in [7, 11) is 0. The second kappa shape index (κ2) is 8.04. The minimum Gasteiger partial charge on any atom is -0.370 e. The largest absolute Gasteiger partial charge is 0.370 e. The summed E-state index contributed by atoms with van der Waals surface area (Å²) in [5, 5.41) is 6.01. The van der Waals surface area contributed by atoms with E-state index in [9.17, 15) is 9.59 Å². The van der Waals surface area contributed by atoms with Gasteiger partial charge in [-0.1, -0.05) is 25.0 Å². The van der Waals surface area contributed by atoms with E-state index in [0.29, 0.717) is 31.0 Å². The van der Waals surface area contributed by atoms with Gasteiger partial charge in [-0.2, -0.15) is 0 Å². The summed E-state index contributed by atoms with van der Waals surface area (Å²) in [6.45, 7) is 6.39. The van der Waals surface area contributed by atoms with Crippen molar-refractivity contribution in [3.63, 3.8) is 0 Å². The molecule has 1 aromatic rings. The number of nitrogens with one attached hydrogen (secondary N) is 2. The van der Waals surface area contributed by atoms with Crippen molar-refractivity contribution in [1.82, 2.24) is 10.6 Å². The Kier molecular flexibility index (Phi) is 6.39. The van der Waals surface area contributed by atoms with Crippen LogP contribution in [0.15, 0.2) is 29.3 Å². The maximum Gasteiger partial charge on any atom is 0.329 e. The fraction of sp³-hybridized carbons (Fsp3) is 0.526. The minimum atomic E-state index is -0.702. The van der Waals surface area contributed by atoms with Crippen LogP contribution in [0, 0.1) is 0 Å². The molecule has 0 unspecified atom stereocenters. The fourth-order valence-corrected chi connectivity index (χ4v) is 3.57. The van der Waals surface area contributed by atoms with E-state index in [4.69, 9.17) is 5.73 Å². The standard InChI is InChI=1S/C19H27N5O2.HI/c1-18(2,3)22-16(20)21-12-13-7-6-8-14(11-13)24-15(25)19(23-17(24)26)9-4-5-10-19;/h6-8,11H,4-5,9-10,12H2,1-3H3,(H,23,26)(H3,20,21,22);1H. The number of benzene rings is 1. The molecule has 1 heterocycles. The average Bonchev–Trinajstić information content (AvgIpc) is 3.10. The summed E-state index contributed by atoms with van der Waals surface area (Å²) in [5.41, 5.74) is 6.50. The SMILES string of the molecule is CC(C)(C)NC(N)=NCc1cccc(N2C(=O)NC3(CCCC3)C2=O)c1.I. The number of nitrogens with zero attached hydrogens (tertiary/aromatic N) is 2. The molecular weight excluding hydrogens is 457 g/mol. The minimum absolute atomic E-state index is 0. The molecule has 4 N–H and O–H groups in total. The third-order valence-electron chi connectivity index (χ3n) is 4.72. The second-order valence-corrected chi connectivity index (χ2v) is 8.11. The average molecular weight is 485 g/mol. The van der Waals surface area contributed by atoms with Crippen LogP contribution in [0.3, 0.4) is 0 Å². The van der Waals surface area contributed by atoms with Gasteiger partial charge in [-0.05, 0) is 51.3 Å². The molecule has 1 saturated heterocycles. The number of carbonyl (C=O) groups excluding carboxylic acids is 2. The molecule has 7 nitrogen and oxygen atoms in total. The molecule has 3 amide bonds. The first kappa shape index (κ1) is 21.5. The van der Waals surface area contributed by atoms with Gasteiger partial charge in [0.05, 0.1) is 12.2 Å². The third-order valence-corrected chi connectivity index (χ3v) is 4.72. The Morgan fingerprint density at radius 1 is 1.30 bits per heavy atom.